The summed E-state index contributed by atoms with van der Waals surface area (Å²) in [4.78, 5) is 16.2. The van der Waals surface area contributed by atoms with Crippen molar-refractivity contribution in [2.45, 2.75) is 38.6 Å². The second-order valence-electron chi connectivity index (χ2n) is 7.76. The number of benzene rings is 2. The van der Waals surface area contributed by atoms with Gasteiger partial charge in [-0.1, -0.05) is 35.9 Å². The van der Waals surface area contributed by atoms with Gasteiger partial charge in [-0.25, -0.2) is 0 Å². The zero-order valence-corrected chi connectivity index (χ0v) is 16.1. The third-order valence-corrected chi connectivity index (χ3v) is 6.60. The van der Waals surface area contributed by atoms with Crippen molar-refractivity contribution in [1.82, 2.24) is 0 Å². The lowest BCUT2D eigenvalue weighted by Crippen LogP contribution is -2.61. The number of hydrazone groups is 1. The third-order valence-electron chi connectivity index (χ3n) is 6.37. The minimum atomic E-state index is -0.586. The Hall–Kier alpha value is -2.33. The molecule has 2 aromatic carbocycles. The van der Waals surface area contributed by atoms with Crippen LogP contribution in [0.25, 0.3) is 0 Å². The minimum absolute atomic E-state index is 0.101. The first-order chi connectivity index (χ1) is 13.1. The maximum atomic E-state index is 13.8. The molecule has 2 aromatic rings. The van der Waals surface area contributed by atoms with Gasteiger partial charge in [-0.3, -0.25) is 4.79 Å². The third kappa shape index (κ3) is 2.36. The molecule has 0 radical (unpaired) electrons. The molecule has 0 aromatic heterocycles. The molecule has 1 spiro atoms. The first-order valence-corrected chi connectivity index (χ1v) is 9.99. The number of piperidine rings is 1. The van der Waals surface area contributed by atoms with Crippen molar-refractivity contribution >= 4 is 34.6 Å². The van der Waals surface area contributed by atoms with Gasteiger partial charge in [0.1, 0.15) is 5.41 Å². The Balaban J connectivity index is 1.64. The maximum absolute atomic E-state index is 13.8. The number of halogens is 1. The fourth-order valence-electron chi connectivity index (χ4n) is 5.06. The molecule has 3 heterocycles. The highest BCUT2D eigenvalue weighted by Gasteiger charge is 2.59. The summed E-state index contributed by atoms with van der Waals surface area (Å²) in [5.41, 5.74) is 3.56. The smallest absolute Gasteiger partial charge is 0.261 e. The fourth-order valence-corrected chi connectivity index (χ4v) is 5.23. The number of fused-ring (bicyclic) bond motifs is 4. The molecule has 138 valence electrons. The topological polar surface area (TPSA) is 35.9 Å². The van der Waals surface area contributed by atoms with Gasteiger partial charge in [0.25, 0.3) is 5.91 Å². The summed E-state index contributed by atoms with van der Waals surface area (Å²) < 4.78 is 0. The number of para-hydroxylation sites is 1. The van der Waals surface area contributed by atoms with Crippen molar-refractivity contribution in [3.63, 3.8) is 0 Å². The normalized spacial score (nSPS) is 26.8. The first kappa shape index (κ1) is 16.8. The fraction of sp³-hybridized carbons (Fsp3) is 0.364. The van der Waals surface area contributed by atoms with Crippen LogP contribution in [0, 0.1) is 5.41 Å². The molecule has 0 saturated carbocycles. The predicted octanol–water partition coefficient (Wildman–Crippen LogP) is 4.66. The monoisotopic (exact) mass is 379 g/mol. The molecule has 3 aliphatic heterocycles. The van der Waals surface area contributed by atoms with Crippen LogP contribution in [0.2, 0.25) is 5.02 Å². The van der Waals surface area contributed by atoms with Crippen LogP contribution in [-0.2, 0) is 11.2 Å². The van der Waals surface area contributed by atoms with Crippen molar-refractivity contribution in [3.8, 4) is 0 Å². The first-order valence-electron chi connectivity index (χ1n) is 9.61. The van der Waals surface area contributed by atoms with Crippen LogP contribution < -0.4 is 9.91 Å². The molecule has 4 nitrogen and oxygen atoms in total. The second kappa shape index (κ2) is 6.10. The van der Waals surface area contributed by atoms with Gasteiger partial charge < -0.3 is 4.90 Å². The Labute approximate surface area is 164 Å². The number of hydrogen-bond acceptors (Lipinski definition) is 3. The van der Waals surface area contributed by atoms with Gasteiger partial charge in [-0.05, 0) is 62.4 Å². The van der Waals surface area contributed by atoms with Gasteiger partial charge in [0.2, 0.25) is 0 Å². The number of anilines is 2. The van der Waals surface area contributed by atoms with Crippen LogP contribution in [-0.4, -0.2) is 24.2 Å². The van der Waals surface area contributed by atoms with Gasteiger partial charge in [-0.2, -0.15) is 10.1 Å². The van der Waals surface area contributed by atoms with Crippen molar-refractivity contribution in [3.05, 3.63) is 59.1 Å². The van der Waals surface area contributed by atoms with Crippen molar-refractivity contribution < 1.29 is 4.79 Å². The van der Waals surface area contributed by atoms with Gasteiger partial charge in [0, 0.05) is 23.3 Å². The van der Waals surface area contributed by atoms with Gasteiger partial charge in [0.05, 0.1) is 11.4 Å². The zero-order chi connectivity index (χ0) is 18.6. The van der Waals surface area contributed by atoms with E-state index in [9.17, 15) is 4.79 Å². The van der Waals surface area contributed by atoms with E-state index in [1.165, 1.54) is 11.3 Å². The van der Waals surface area contributed by atoms with Crippen LogP contribution in [0.5, 0.6) is 0 Å². The van der Waals surface area contributed by atoms with E-state index in [1.807, 2.05) is 43.3 Å². The average molecular weight is 380 g/mol. The molecule has 2 atom stereocenters. The lowest BCUT2D eigenvalue weighted by atomic mass is 9.66. The SMILES string of the molecule is CC1=NN(c2ccccc2)C(=O)[C@]12Cc1ccc(Cl)cc1N1CCCC[C@@H]12. The predicted molar refractivity (Wildman–Crippen MR) is 110 cm³/mol. The van der Waals surface area contributed by atoms with E-state index in [0.29, 0.717) is 6.42 Å². The Bertz CT molecular complexity index is 942. The summed E-state index contributed by atoms with van der Waals surface area (Å²) >= 11 is 6.29. The highest BCUT2D eigenvalue weighted by atomic mass is 35.5. The molecule has 5 rings (SSSR count). The van der Waals surface area contributed by atoms with Crippen LogP contribution in [0.3, 0.4) is 0 Å². The molecule has 27 heavy (non-hydrogen) atoms. The van der Waals surface area contributed by atoms with Crippen LogP contribution >= 0.6 is 11.6 Å². The summed E-state index contributed by atoms with van der Waals surface area (Å²) in [5.74, 6) is 0.101. The molecule has 3 aliphatic rings. The molecule has 0 aliphatic carbocycles. The Morgan fingerprint density at radius 2 is 1.96 bits per heavy atom. The van der Waals surface area contributed by atoms with E-state index in [0.717, 1.165) is 42.2 Å². The molecular weight excluding hydrogens is 358 g/mol. The number of carbonyl (C=O) groups is 1. The van der Waals surface area contributed by atoms with E-state index >= 15 is 0 Å². The lowest BCUT2D eigenvalue weighted by Gasteiger charge is -2.51. The van der Waals surface area contributed by atoms with Crippen LogP contribution in [0.1, 0.15) is 31.7 Å². The molecule has 1 amide bonds. The molecule has 1 saturated heterocycles. The van der Waals surface area contributed by atoms with Gasteiger partial charge in [-0.15, -0.1) is 0 Å². The van der Waals surface area contributed by atoms with Crippen LogP contribution in [0.15, 0.2) is 53.6 Å². The van der Waals surface area contributed by atoms with E-state index in [-0.39, 0.29) is 11.9 Å². The van der Waals surface area contributed by atoms with Gasteiger partial charge in [0.15, 0.2) is 0 Å². The molecule has 5 heteroatoms. The van der Waals surface area contributed by atoms with Gasteiger partial charge >= 0.3 is 0 Å². The Kier molecular flexibility index (Phi) is 3.80. The summed E-state index contributed by atoms with van der Waals surface area (Å²) in [6.45, 7) is 2.99. The van der Waals surface area contributed by atoms with Crippen LogP contribution in [0.4, 0.5) is 11.4 Å². The standard InChI is InChI=1S/C22H22ClN3O/c1-15-22(21(27)26(24-15)18-7-3-2-4-8-18)14-16-10-11-17(23)13-19(16)25-12-6-5-9-20(22)25/h2-4,7-8,10-11,13,20H,5-6,9,12,14H2,1H3/t20-,22-/m1/s1. The Morgan fingerprint density at radius 1 is 1.15 bits per heavy atom. The molecular formula is C22H22ClN3O. The van der Waals surface area contributed by atoms with Crippen molar-refractivity contribution in [1.29, 1.82) is 0 Å². The summed E-state index contributed by atoms with van der Waals surface area (Å²) in [6, 6.07) is 16.0. The highest BCUT2D eigenvalue weighted by molar-refractivity contribution is 6.31. The number of rotatable bonds is 1. The van der Waals surface area contributed by atoms with E-state index in [4.69, 9.17) is 16.7 Å². The van der Waals surface area contributed by atoms with E-state index in [2.05, 4.69) is 17.0 Å². The number of carbonyl (C=O) groups excluding carboxylic acids is 1. The van der Waals surface area contributed by atoms with Crippen molar-refractivity contribution in [2.24, 2.45) is 10.5 Å². The molecule has 0 N–H and O–H groups in total. The average Bonchev–Trinajstić information content (AvgIpc) is 2.95. The Morgan fingerprint density at radius 3 is 2.78 bits per heavy atom. The van der Waals surface area contributed by atoms with E-state index < -0.39 is 5.41 Å². The summed E-state index contributed by atoms with van der Waals surface area (Å²) in [5, 5.41) is 7.11. The molecule has 0 unspecified atom stereocenters. The molecule has 0 bridgehead atoms. The number of nitrogens with zero attached hydrogens (tertiary/aromatic N) is 3. The van der Waals surface area contributed by atoms with E-state index in [1.54, 1.807) is 5.01 Å². The zero-order valence-electron chi connectivity index (χ0n) is 15.4. The lowest BCUT2D eigenvalue weighted by molar-refractivity contribution is -0.125. The maximum Gasteiger partial charge on any atom is 0.261 e. The van der Waals surface area contributed by atoms with Crippen molar-refractivity contribution in [2.75, 3.05) is 16.5 Å². The molecule has 1 fully saturated rings. The quantitative estimate of drug-likeness (QED) is 0.722. The number of amides is 1. The minimum Gasteiger partial charge on any atom is -0.367 e. The highest BCUT2D eigenvalue weighted by Crippen LogP contribution is 2.50. The number of hydrogen-bond donors (Lipinski definition) is 0. The largest absolute Gasteiger partial charge is 0.367 e. The second-order valence-corrected chi connectivity index (χ2v) is 8.20. The summed E-state index contributed by atoms with van der Waals surface area (Å²) in [6.07, 6.45) is 3.99. The summed E-state index contributed by atoms with van der Waals surface area (Å²) in [7, 11) is 0.